The zero-order valence-corrected chi connectivity index (χ0v) is 9.70. The van der Waals surface area contributed by atoms with Crippen LogP contribution in [0.25, 0.3) is 10.8 Å². The second-order valence-corrected chi connectivity index (χ2v) is 4.45. The van der Waals surface area contributed by atoms with Crippen LogP contribution in [0.3, 0.4) is 0 Å². The molecule has 16 heavy (non-hydrogen) atoms. The van der Waals surface area contributed by atoms with Crippen molar-refractivity contribution in [3.05, 3.63) is 47.5 Å². The summed E-state index contributed by atoms with van der Waals surface area (Å²) in [6.07, 6.45) is 0. The molecule has 0 bridgehead atoms. The third-order valence-corrected chi connectivity index (χ3v) is 3.12. The number of nitrogens with two attached hydrogens (primary N) is 1. The van der Waals surface area contributed by atoms with Crippen molar-refractivity contribution in [1.82, 2.24) is 0 Å². The Bertz CT molecular complexity index is 517. The molecule has 0 aliphatic carbocycles. The van der Waals surface area contributed by atoms with Crippen molar-refractivity contribution < 1.29 is 5.11 Å². The normalized spacial score (nSPS) is 15.0. The smallest absolute Gasteiger partial charge is 0.0996 e. The Labute approximate surface area is 95.7 Å². The summed E-state index contributed by atoms with van der Waals surface area (Å²) < 4.78 is 0. The van der Waals surface area contributed by atoms with E-state index in [1.165, 1.54) is 10.9 Å². The van der Waals surface area contributed by atoms with Gasteiger partial charge in [-0.1, -0.05) is 36.4 Å². The molecule has 2 aromatic carbocycles. The number of aliphatic hydroxyl groups is 1. The minimum Gasteiger partial charge on any atom is -0.384 e. The number of fused-ring (bicyclic) bond motifs is 1. The Kier molecular flexibility index (Phi) is 2.70. The second kappa shape index (κ2) is 3.89. The highest BCUT2D eigenvalue weighted by Gasteiger charge is 2.23. The van der Waals surface area contributed by atoms with Gasteiger partial charge in [0, 0.05) is 6.54 Å². The summed E-state index contributed by atoms with van der Waals surface area (Å²) >= 11 is 0. The molecule has 0 aliphatic heterocycles. The van der Waals surface area contributed by atoms with Gasteiger partial charge in [0.15, 0.2) is 0 Å². The summed E-state index contributed by atoms with van der Waals surface area (Å²) in [6.45, 7) is 4.05. The first-order valence-corrected chi connectivity index (χ1v) is 5.47. The van der Waals surface area contributed by atoms with E-state index in [1.807, 2.05) is 30.3 Å². The molecule has 84 valence electrons. The van der Waals surface area contributed by atoms with Crippen molar-refractivity contribution in [3.8, 4) is 0 Å². The van der Waals surface area contributed by atoms with E-state index in [1.54, 1.807) is 6.92 Å². The van der Waals surface area contributed by atoms with Crippen LogP contribution in [0.1, 0.15) is 18.1 Å². The standard InChI is InChI=1S/C14H17NO/c1-10-7-8-13(14(2,16)9-15)12-6-4-3-5-11(10)12/h3-8,16H,9,15H2,1-2H3. The topological polar surface area (TPSA) is 46.2 Å². The molecule has 0 aromatic heterocycles. The van der Waals surface area contributed by atoms with Crippen LogP contribution >= 0.6 is 0 Å². The van der Waals surface area contributed by atoms with Gasteiger partial charge in [0.05, 0.1) is 5.60 Å². The molecule has 0 radical (unpaired) electrons. The number of hydrogen-bond acceptors (Lipinski definition) is 2. The SMILES string of the molecule is Cc1ccc(C(C)(O)CN)c2ccccc12. The number of hydrogen-bond donors (Lipinski definition) is 2. The monoisotopic (exact) mass is 215 g/mol. The first-order chi connectivity index (χ1) is 7.56. The van der Waals surface area contributed by atoms with Gasteiger partial charge in [0.1, 0.15) is 0 Å². The lowest BCUT2D eigenvalue weighted by atomic mass is 9.89. The Morgan fingerprint density at radius 1 is 1.12 bits per heavy atom. The summed E-state index contributed by atoms with van der Waals surface area (Å²) in [6, 6.07) is 12.1. The lowest BCUT2D eigenvalue weighted by molar-refractivity contribution is 0.0684. The highest BCUT2D eigenvalue weighted by atomic mass is 16.3. The lowest BCUT2D eigenvalue weighted by Crippen LogP contribution is -2.31. The van der Waals surface area contributed by atoms with Crippen LogP contribution in [0.4, 0.5) is 0 Å². The zero-order chi connectivity index (χ0) is 11.8. The molecule has 1 unspecified atom stereocenters. The second-order valence-electron chi connectivity index (χ2n) is 4.45. The van der Waals surface area contributed by atoms with E-state index < -0.39 is 5.60 Å². The first-order valence-electron chi connectivity index (χ1n) is 5.47. The highest BCUT2D eigenvalue weighted by molar-refractivity contribution is 5.89. The molecule has 3 N–H and O–H groups in total. The third kappa shape index (κ3) is 1.70. The minimum atomic E-state index is -0.965. The fraction of sp³-hybridized carbons (Fsp3) is 0.286. The van der Waals surface area contributed by atoms with E-state index >= 15 is 0 Å². The predicted octanol–water partition coefficient (Wildman–Crippen LogP) is 2.31. The fourth-order valence-corrected chi connectivity index (χ4v) is 2.03. The van der Waals surface area contributed by atoms with Crippen LogP contribution in [0.2, 0.25) is 0 Å². The molecular weight excluding hydrogens is 198 g/mol. The van der Waals surface area contributed by atoms with E-state index in [4.69, 9.17) is 5.73 Å². The molecule has 1 atom stereocenters. The van der Waals surface area contributed by atoms with Gasteiger partial charge in [0.2, 0.25) is 0 Å². The molecule has 0 saturated heterocycles. The van der Waals surface area contributed by atoms with E-state index in [-0.39, 0.29) is 6.54 Å². The Morgan fingerprint density at radius 2 is 1.75 bits per heavy atom. The van der Waals surface area contributed by atoms with Gasteiger partial charge < -0.3 is 10.8 Å². The Balaban J connectivity index is 2.77. The number of rotatable bonds is 2. The van der Waals surface area contributed by atoms with Gasteiger partial charge in [-0.15, -0.1) is 0 Å². The van der Waals surface area contributed by atoms with E-state index in [9.17, 15) is 5.11 Å². The molecule has 0 heterocycles. The molecule has 0 aliphatic rings. The molecule has 2 nitrogen and oxygen atoms in total. The van der Waals surface area contributed by atoms with Crippen molar-refractivity contribution in [3.63, 3.8) is 0 Å². The Hall–Kier alpha value is -1.38. The molecule has 0 fully saturated rings. The van der Waals surface area contributed by atoms with Crippen molar-refractivity contribution in [2.75, 3.05) is 6.54 Å². The van der Waals surface area contributed by atoms with E-state index in [2.05, 4.69) is 13.0 Å². The van der Waals surface area contributed by atoms with Crippen molar-refractivity contribution in [2.45, 2.75) is 19.4 Å². The van der Waals surface area contributed by atoms with Gasteiger partial charge >= 0.3 is 0 Å². The average molecular weight is 215 g/mol. The maximum atomic E-state index is 10.3. The molecular formula is C14H17NO. The highest BCUT2D eigenvalue weighted by Crippen LogP contribution is 2.29. The molecule has 0 saturated carbocycles. The summed E-state index contributed by atoms with van der Waals surface area (Å²) in [5, 5.41) is 12.5. The zero-order valence-electron chi connectivity index (χ0n) is 9.70. The van der Waals surface area contributed by atoms with E-state index in [0.29, 0.717) is 0 Å². The quantitative estimate of drug-likeness (QED) is 0.807. The lowest BCUT2D eigenvalue weighted by Gasteiger charge is -2.24. The average Bonchev–Trinajstić information content (AvgIpc) is 2.29. The summed E-state index contributed by atoms with van der Waals surface area (Å²) in [5.74, 6) is 0. The molecule has 2 aromatic rings. The van der Waals surface area contributed by atoms with Crippen LogP contribution in [-0.2, 0) is 5.60 Å². The van der Waals surface area contributed by atoms with Crippen molar-refractivity contribution in [1.29, 1.82) is 0 Å². The molecule has 0 amide bonds. The minimum absolute atomic E-state index is 0.222. The number of benzene rings is 2. The third-order valence-electron chi connectivity index (χ3n) is 3.12. The number of aryl methyl sites for hydroxylation is 1. The van der Waals surface area contributed by atoms with Gasteiger partial charge in [-0.05, 0) is 35.7 Å². The van der Waals surface area contributed by atoms with E-state index in [0.717, 1.165) is 10.9 Å². The maximum absolute atomic E-state index is 10.3. The van der Waals surface area contributed by atoms with Crippen molar-refractivity contribution in [2.24, 2.45) is 5.73 Å². The molecule has 2 heteroatoms. The largest absolute Gasteiger partial charge is 0.384 e. The van der Waals surface area contributed by atoms with Crippen LogP contribution in [0, 0.1) is 6.92 Å². The van der Waals surface area contributed by atoms with Gasteiger partial charge in [-0.3, -0.25) is 0 Å². The summed E-state index contributed by atoms with van der Waals surface area (Å²) in [5.41, 5.74) is 6.77. The van der Waals surface area contributed by atoms with Crippen LogP contribution in [0.15, 0.2) is 36.4 Å². The molecule has 0 spiro atoms. The van der Waals surface area contributed by atoms with Crippen LogP contribution in [0.5, 0.6) is 0 Å². The van der Waals surface area contributed by atoms with Crippen LogP contribution in [-0.4, -0.2) is 11.7 Å². The fourth-order valence-electron chi connectivity index (χ4n) is 2.03. The molecule has 2 rings (SSSR count). The van der Waals surface area contributed by atoms with Gasteiger partial charge in [0.25, 0.3) is 0 Å². The predicted molar refractivity (Wildman–Crippen MR) is 67.3 cm³/mol. The summed E-state index contributed by atoms with van der Waals surface area (Å²) in [7, 11) is 0. The van der Waals surface area contributed by atoms with Crippen LogP contribution < -0.4 is 5.73 Å². The Morgan fingerprint density at radius 3 is 2.38 bits per heavy atom. The van der Waals surface area contributed by atoms with Gasteiger partial charge in [-0.2, -0.15) is 0 Å². The van der Waals surface area contributed by atoms with Gasteiger partial charge in [-0.25, -0.2) is 0 Å². The maximum Gasteiger partial charge on any atom is 0.0996 e. The first kappa shape index (κ1) is 11.1. The van der Waals surface area contributed by atoms with Crippen molar-refractivity contribution >= 4 is 10.8 Å². The summed E-state index contributed by atoms with van der Waals surface area (Å²) in [4.78, 5) is 0.